The standard InChI is InChI=1S/C12H14N2OS2/c1-4-8-9-7(5-16-8)10(15)14-6-12(2,3)17-11(14)13-9/h5H,4,6H2,1-3H3. The van der Waals surface area contributed by atoms with E-state index in [2.05, 4.69) is 25.8 Å². The van der Waals surface area contributed by atoms with Crippen LogP contribution < -0.4 is 5.56 Å². The molecule has 0 bridgehead atoms. The van der Waals surface area contributed by atoms with E-state index in [1.165, 1.54) is 4.88 Å². The molecule has 0 fully saturated rings. The van der Waals surface area contributed by atoms with Gasteiger partial charge in [-0.15, -0.1) is 11.3 Å². The van der Waals surface area contributed by atoms with Crippen molar-refractivity contribution >= 4 is 34.0 Å². The van der Waals surface area contributed by atoms with Crippen molar-refractivity contribution in [3.8, 4) is 0 Å². The monoisotopic (exact) mass is 266 g/mol. The molecule has 0 N–H and O–H groups in total. The second-order valence-corrected chi connectivity index (χ2v) is 7.56. The highest BCUT2D eigenvalue weighted by Crippen LogP contribution is 2.39. The SMILES string of the molecule is CCc1scc2c(=O)n3c(nc12)SC(C)(C)C3. The van der Waals surface area contributed by atoms with E-state index in [0.717, 1.165) is 29.0 Å². The molecule has 0 spiro atoms. The molecule has 2 aromatic rings. The van der Waals surface area contributed by atoms with Crippen molar-refractivity contribution in [1.29, 1.82) is 0 Å². The van der Waals surface area contributed by atoms with E-state index < -0.39 is 0 Å². The van der Waals surface area contributed by atoms with Crippen molar-refractivity contribution in [2.75, 3.05) is 0 Å². The second-order valence-electron chi connectivity index (χ2n) is 4.92. The minimum absolute atomic E-state index is 0.0772. The number of aromatic nitrogens is 2. The Kier molecular flexibility index (Phi) is 2.38. The summed E-state index contributed by atoms with van der Waals surface area (Å²) in [5.41, 5.74) is 1.04. The Morgan fingerprint density at radius 2 is 2.29 bits per heavy atom. The van der Waals surface area contributed by atoms with Gasteiger partial charge >= 0.3 is 0 Å². The number of hydrogen-bond acceptors (Lipinski definition) is 4. The number of thioether (sulfide) groups is 1. The van der Waals surface area contributed by atoms with Crippen LogP contribution in [-0.2, 0) is 13.0 Å². The third-order valence-electron chi connectivity index (χ3n) is 2.98. The first-order valence-corrected chi connectivity index (χ1v) is 7.41. The maximum Gasteiger partial charge on any atom is 0.262 e. The van der Waals surface area contributed by atoms with E-state index in [9.17, 15) is 4.79 Å². The van der Waals surface area contributed by atoms with E-state index in [4.69, 9.17) is 0 Å². The molecule has 3 nitrogen and oxygen atoms in total. The van der Waals surface area contributed by atoms with Gasteiger partial charge in [-0.25, -0.2) is 4.98 Å². The molecule has 1 aliphatic rings. The Hall–Kier alpha value is -0.810. The molecule has 3 rings (SSSR count). The summed E-state index contributed by atoms with van der Waals surface area (Å²) in [5.74, 6) is 0. The quantitative estimate of drug-likeness (QED) is 0.744. The fourth-order valence-electron chi connectivity index (χ4n) is 2.18. The molecular weight excluding hydrogens is 252 g/mol. The molecular formula is C12H14N2OS2. The third-order valence-corrected chi connectivity index (χ3v) is 5.28. The maximum atomic E-state index is 12.4. The Bertz CT molecular complexity index is 654. The average Bonchev–Trinajstić information content (AvgIpc) is 2.78. The Morgan fingerprint density at radius 1 is 1.53 bits per heavy atom. The zero-order chi connectivity index (χ0) is 12.2. The molecule has 90 valence electrons. The van der Waals surface area contributed by atoms with Crippen LogP contribution in [-0.4, -0.2) is 14.3 Å². The molecule has 0 radical (unpaired) electrons. The molecule has 0 aliphatic carbocycles. The lowest BCUT2D eigenvalue weighted by atomic mass is 10.2. The van der Waals surface area contributed by atoms with Crippen LogP contribution in [0.3, 0.4) is 0 Å². The first-order chi connectivity index (χ1) is 8.02. The van der Waals surface area contributed by atoms with Gasteiger partial charge in [0.05, 0.1) is 10.9 Å². The summed E-state index contributed by atoms with van der Waals surface area (Å²) in [5, 5.41) is 3.61. The molecule has 2 aromatic heterocycles. The van der Waals surface area contributed by atoms with Crippen LogP contribution in [0, 0.1) is 0 Å². The van der Waals surface area contributed by atoms with Gasteiger partial charge in [-0.1, -0.05) is 18.7 Å². The average molecular weight is 266 g/mol. The van der Waals surface area contributed by atoms with Crippen LogP contribution in [0.15, 0.2) is 15.3 Å². The fraction of sp³-hybridized carbons (Fsp3) is 0.500. The summed E-state index contributed by atoms with van der Waals surface area (Å²) in [7, 11) is 0. The van der Waals surface area contributed by atoms with Crippen molar-refractivity contribution in [3.63, 3.8) is 0 Å². The summed E-state index contributed by atoms with van der Waals surface area (Å²) in [6.07, 6.45) is 0.943. The molecule has 17 heavy (non-hydrogen) atoms. The molecule has 0 aromatic carbocycles. The highest BCUT2D eigenvalue weighted by molar-refractivity contribution is 8.00. The molecule has 0 saturated heterocycles. The summed E-state index contributed by atoms with van der Waals surface area (Å²) in [4.78, 5) is 18.2. The van der Waals surface area contributed by atoms with Gasteiger partial charge in [0.25, 0.3) is 5.56 Å². The molecule has 5 heteroatoms. The Balaban J connectivity index is 2.32. The van der Waals surface area contributed by atoms with Gasteiger partial charge in [0.2, 0.25) is 0 Å². The molecule has 1 aliphatic heterocycles. The largest absolute Gasteiger partial charge is 0.286 e. The first kappa shape index (κ1) is 11.3. The highest BCUT2D eigenvalue weighted by Gasteiger charge is 2.32. The van der Waals surface area contributed by atoms with Crippen LogP contribution in [0.1, 0.15) is 25.6 Å². The van der Waals surface area contributed by atoms with Crippen molar-refractivity contribution in [3.05, 3.63) is 20.6 Å². The lowest BCUT2D eigenvalue weighted by Crippen LogP contribution is -2.24. The number of hydrogen-bond donors (Lipinski definition) is 0. The highest BCUT2D eigenvalue weighted by atomic mass is 32.2. The van der Waals surface area contributed by atoms with Crippen LogP contribution >= 0.6 is 23.1 Å². The van der Waals surface area contributed by atoms with Crippen molar-refractivity contribution in [2.24, 2.45) is 0 Å². The molecule has 0 unspecified atom stereocenters. The topological polar surface area (TPSA) is 34.9 Å². The number of aryl methyl sites for hydroxylation is 1. The predicted molar refractivity (Wildman–Crippen MR) is 73.2 cm³/mol. The van der Waals surface area contributed by atoms with Gasteiger partial charge in [-0.05, 0) is 20.3 Å². The van der Waals surface area contributed by atoms with Gasteiger partial charge in [0.1, 0.15) is 0 Å². The Labute approximate surface area is 108 Å². The lowest BCUT2D eigenvalue weighted by molar-refractivity contribution is 0.547. The van der Waals surface area contributed by atoms with Crippen LogP contribution in [0.5, 0.6) is 0 Å². The van der Waals surface area contributed by atoms with Crippen LogP contribution in [0.4, 0.5) is 0 Å². The third kappa shape index (κ3) is 1.64. The summed E-state index contributed by atoms with van der Waals surface area (Å²) < 4.78 is 1.90. The molecule has 0 amide bonds. The van der Waals surface area contributed by atoms with E-state index >= 15 is 0 Å². The number of fused-ring (bicyclic) bond motifs is 2. The summed E-state index contributed by atoms with van der Waals surface area (Å²) in [6.45, 7) is 7.17. The van der Waals surface area contributed by atoms with E-state index in [0.29, 0.717) is 0 Å². The second kappa shape index (κ2) is 3.59. The van der Waals surface area contributed by atoms with Gasteiger partial charge < -0.3 is 0 Å². The normalized spacial score (nSPS) is 17.6. The number of nitrogens with zero attached hydrogens (tertiary/aromatic N) is 2. The van der Waals surface area contributed by atoms with Gasteiger partial charge in [-0.2, -0.15) is 0 Å². The summed E-state index contributed by atoms with van der Waals surface area (Å²) in [6, 6.07) is 0. The van der Waals surface area contributed by atoms with E-state index in [-0.39, 0.29) is 10.3 Å². The van der Waals surface area contributed by atoms with Crippen LogP contribution in [0.2, 0.25) is 0 Å². The minimum atomic E-state index is 0.0772. The van der Waals surface area contributed by atoms with Crippen LogP contribution in [0.25, 0.3) is 10.9 Å². The van der Waals surface area contributed by atoms with E-state index in [1.807, 2.05) is 9.95 Å². The molecule has 0 saturated carbocycles. The Morgan fingerprint density at radius 3 is 3.00 bits per heavy atom. The van der Waals surface area contributed by atoms with Crippen molar-refractivity contribution in [1.82, 2.24) is 9.55 Å². The first-order valence-electron chi connectivity index (χ1n) is 5.72. The fourth-order valence-corrected chi connectivity index (χ4v) is 4.17. The number of rotatable bonds is 1. The number of thiophene rings is 1. The van der Waals surface area contributed by atoms with Crippen molar-refractivity contribution in [2.45, 2.75) is 43.6 Å². The van der Waals surface area contributed by atoms with Crippen molar-refractivity contribution < 1.29 is 0 Å². The maximum absolute atomic E-state index is 12.4. The lowest BCUT2D eigenvalue weighted by Gasteiger charge is -2.12. The van der Waals surface area contributed by atoms with E-state index in [1.54, 1.807) is 23.1 Å². The molecule has 0 atom stereocenters. The van der Waals surface area contributed by atoms with Gasteiger partial charge in [0, 0.05) is 21.5 Å². The summed E-state index contributed by atoms with van der Waals surface area (Å²) >= 11 is 3.35. The zero-order valence-corrected chi connectivity index (χ0v) is 11.7. The molecule has 3 heterocycles. The van der Waals surface area contributed by atoms with Gasteiger partial charge in [-0.3, -0.25) is 9.36 Å². The zero-order valence-electron chi connectivity index (χ0n) is 10.1. The predicted octanol–water partition coefficient (Wildman–Crippen LogP) is 2.90. The van der Waals surface area contributed by atoms with Gasteiger partial charge in [0.15, 0.2) is 5.16 Å². The minimum Gasteiger partial charge on any atom is -0.286 e. The smallest absolute Gasteiger partial charge is 0.262 e.